The molecule has 0 saturated heterocycles. The number of anilines is 1. The molecule has 108 valence electrons. The molecule has 0 spiro atoms. The Labute approximate surface area is 130 Å². The van der Waals surface area contributed by atoms with E-state index in [0.717, 1.165) is 0 Å². The lowest BCUT2D eigenvalue weighted by Gasteiger charge is -2.22. The lowest BCUT2D eigenvalue weighted by Crippen LogP contribution is -2.30. The van der Waals surface area contributed by atoms with Gasteiger partial charge in [-0.3, -0.25) is 4.79 Å². The molecule has 0 N–H and O–H groups in total. The highest BCUT2D eigenvalue weighted by atomic mass is 79.9. The van der Waals surface area contributed by atoms with E-state index < -0.39 is 0 Å². The van der Waals surface area contributed by atoms with Crippen molar-refractivity contribution in [3.05, 3.63) is 58.3 Å². The van der Waals surface area contributed by atoms with Gasteiger partial charge in [0.1, 0.15) is 11.6 Å². The second kappa shape index (κ2) is 5.85. The summed E-state index contributed by atoms with van der Waals surface area (Å²) < 4.78 is 20.3. The minimum atomic E-state index is -0.333. The molecular formula is C16H13BrFNO2. The van der Waals surface area contributed by atoms with Gasteiger partial charge in [0.2, 0.25) is 5.91 Å². The molecule has 1 aliphatic heterocycles. The predicted molar refractivity (Wildman–Crippen MR) is 81.8 cm³/mol. The number of para-hydroxylation sites is 2. The maximum absolute atomic E-state index is 14.0. The van der Waals surface area contributed by atoms with E-state index in [1.54, 1.807) is 17.0 Å². The summed E-state index contributed by atoms with van der Waals surface area (Å²) >= 11 is 3.23. The first-order valence-corrected chi connectivity index (χ1v) is 7.40. The number of fused-ring (bicyclic) bond motifs is 1. The van der Waals surface area contributed by atoms with Crippen LogP contribution in [0.2, 0.25) is 0 Å². The molecule has 0 aromatic heterocycles. The third-order valence-corrected chi connectivity index (χ3v) is 3.87. The summed E-state index contributed by atoms with van der Waals surface area (Å²) in [6.45, 7) is 0.535. The average molecular weight is 350 g/mol. The molecule has 0 radical (unpaired) electrons. The molecular weight excluding hydrogens is 337 g/mol. The van der Waals surface area contributed by atoms with E-state index in [1.807, 2.05) is 24.3 Å². The molecule has 2 aromatic rings. The highest BCUT2D eigenvalue weighted by molar-refractivity contribution is 9.10. The van der Waals surface area contributed by atoms with Crippen LogP contribution in [0.4, 0.5) is 10.1 Å². The van der Waals surface area contributed by atoms with Gasteiger partial charge in [-0.1, -0.05) is 34.1 Å². The van der Waals surface area contributed by atoms with E-state index in [1.165, 1.54) is 6.07 Å². The molecule has 0 unspecified atom stereocenters. The molecule has 0 atom stereocenters. The molecule has 5 heteroatoms. The van der Waals surface area contributed by atoms with Gasteiger partial charge in [0, 0.05) is 10.0 Å². The molecule has 1 amide bonds. The Hall–Kier alpha value is -1.88. The number of hydrogen-bond acceptors (Lipinski definition) is 2. The highest BCUT2D eigenvalue weighted by Crippen LogP contribution is 2.32. The van der Waals surface area contributed by atoms with Gasteiger partial charge in [0.15, 0.2) is 0 Å². The lowest BCUT2D eigenvalue weighted by atomic mass is 10.1. The van der Waals surface area contributed by atoms with Crippen molar-refractivity contribution in [2.75, 3.05) is 11.5 Å². The summed E-state index contributed by atoms with van der Waals surface area (Å²) in [7, 11) is 0. The van der Waals surface area contributed by atoms with Crippen molar-refractivity contribution in [2.45, 2.75) is 13.0 Å². The topological polar surface area (TPSA) is 29.5 Å². The SMILES string of the molecule is O=C1CCOc2ccccc2N1Cc1ccc(Br)cc1F. The minimum Gasteiger partial charge on any atom is -0.491 e. The lowest BCUT2D eigenvalue weighted by molar-refractivity contribution is -0.118. The summed E-state index contributed by atoms with van der Waals surface area (Å²) in [5, 5.41) is 0. The zero-order valence-electron chi connectivity index (χ0n) is 11.2. The third-order valence-electron chi connectivity index (χ3n) is 3.37. The van der Waals surface area contributed by atoms with Gasteiger partial charge >= 0.3 is 0 Å². The third kappa shape index (κ3) is 2.93. The zero-order valence-corrected chi connectivity index (χ0v) is 12.8. The molecule has 1 heterocycles. The van der Waals surface area contributed by atoms with E-state index in [2.05, 4.69) is 15.9 Å². The Bertz CT molecular complexity index is 690. The molecule has 21 heavy (non-hydrogen) atoms. The van der Waals surface area contributed by atoms with Crippen LogP contribution in [0, 0.1) is 5.82 Å². The monoisotopic (exact) mass is 349 g/mol. The first-order valence-electron chi connectivity index (χ1n) is 6.61. The summed E-state index contributed by atoms with van der Waals surface area (Å²) in [6, 6.07) is 12.2. The fourth-order valence-electron chi connectivity index (χ4n) is 2.31. The summed E-state index contributed by atoms with van der Waals surface area (Å²) in [5.41, 5.74) is 1.16. The largest absolute Gasteiger partial charge is 0.491 e. The molecule has 0 bridgehead atoms. The van der Waals surface area contributed by atoms with Gasteiger partial charge in [-0.15, -0.1) is 0 Å². The van der Waals surface area contributed by atoms with Crippen LogP contribution in [-0.4, -0.2) is 12.5 Å². The maximum atomic E-state index is 14.0. The molecule has 0 fully saturated rings. The molecule has 2 aromatic carbocycles. The van der Waals surface area contributed by atoms with Crippen molar-refractivity contribution in [1.29, 1.82) is 0 Å². The van der Waals surface area contributed by atoms with Crippen molar-refractivity contribution in [3.63, 3.8) is 0 Å². The van der Waals surface area contributed by atoms with Gasteiger partial charge in [0.25, 0.3) is 0 Å². The van der Waals surface area contributed by atoms with Gasteiger partial charge in [-0.25, -0.2) is 4.39 Å². The normalized spacial score (nSPS) is 14.4. The minimum absolute atomic E-state index is 0.0673. The first-order chi connectivity index (χ1) is 10.1. The van der Waals surface area contributed by atoms with Gasteiger partial charge in [-0.05, 0) is 24.3 Å². The average Bonchev–Trinajstić information content (AvgIpc) is 2.62. The molecule has 3 nitrogen and oxygen atoms in total. The number of carbonyl (C=O) groups is 1. The van der Waals surface area contributed by atoms with Gasteiger partial charge in [0.05, 0.1) is 25.3 Å². The summed E-state index contributed by atoms with van der Waals surface area (Å²) in [5.74, 6) is 0.253. The van der Waals surface area contributed by atoms with E-state index >= 15 is 0 Å². The van der Waals surface area contributed by atoms with E-state index in [0.29, 0.717) is 28.1 Å². The second-order valence-corrected chi connectivity index (χ2v) is 5.70. The van der Waals surface area contributed by atoms with Crippen LogP contribution >= 0.6 is 15.9 Å². The maximum Gasteiger partial charge on any atom is 0.230 e. The number of halogens is 2. The van der Waals surface area contributed by atoms with Crippen LogP contribution in [0.15, 0.2) is 46.9 Å². The van der Waals surface area contributed by atoms with Gasteiger partial charge < -0.3 is 9.64 Å². The number of carbonyl (C=O) groups excluding carboxylic acids is 1. The Morgan fingerprint density at radius 3 is 2.86 bits per heavy atom. The predicted octanol–water partition coefficient (Wildman–Crippen LogP) is 3.90. The molecule has 0 saturated carbocycles. The van der Waals surface area contributed by atoms with Crippen molar-refractivity contribution >= 4 is 27.5 Å². The molecule has 3 rings (SSSR count). The Morgan fingerprint density at radius 1 is 1.24 bits per heavy atom. The molecule has 0 aliphatic carbocycles. The van der Waals surface area contributed by atoms with E-state index in [4.69, 9.17) is 4.74 Å². The Balaban J connectivity index is 1.98. The zero-order chi connectivity index (χ0) is 14.8. The van der Waals surface area contributed by atoms with Crippen LogP contribution in [-0.2, 0) is 11.3 Å². The number of nitrogens with zero attached hydrogens (tertiary/aromatic N) is 1. The van der Waals surface area contributed by atoms with Crippen molar-refractivity contribution in [3.8, 4) is 5.75 Å². The smallest absolute Gasteiger partial charge is 0.230 e. The number of hydrogen-bond donors (Lipinski definition) is 0. The number of rotatable bonds is 2. The van der Waals surface area contributed by atoms with Crippen LogP contribution in [0.5, 0.6) is 5.75 Å². The van der Waals surface area contributed by atoms with Crippen molar-refractivity contribution in [2.24, 2.45) is 0 Å². The quantitative estimate of drug-likeness (QED) is 0.822. The first kappa shape index (κ1) is 14.1. The summed E-state index contributed by atoms with van der Waals surface area (Å²) in [4.78, 5) is 13.9. The fourth-order valence-corrected chi connectivity index (χ4v) is 2.65. The number of benzene rings is 2. The number of ether oxygens (including phenoxy) is 1. The standard InChI is InChI=1S/C16H13BrFNO2/c17-12-6-5-11(13(18)9-12)10-19-14-3-1-2-4-15(14)21-8-7-16(19)20/h1-6,9H,7-8,10H2. The fraction of sp³-hybridized carbons (Fsp3) is 0.188. The van der Waals surface area contributed by atoms with Crippen LogP contribution < -0.4 is 9.64 Å². The van der Waals surface area contributed by atoms with Crippen molar-refractivity contribution in [1.82, 2.24) is 0 Å². The van der Waals surface area contributed by atoms with E-state index in [-0.39, 0.29) is 24.7 Å². The van der Waals surface area contributed by atoms with Crippen LogP contribution in [0.3, 0.4) is 0 Å². The Kier molecular flexibility index (Phi) is 3.92. The van der Waals surface area contributed by atoms with Crippen LogP contribution in [0.25, 0.3) is 0 Å². The van der Waals surface area contributed by atoms with Gasteiger partial charge in [-0.2, -0.15) is 0 Å². The second-order valence-electron chi connectivity index (χ2n) is 4.78. The summed E-state index contributed by atoms with van der Waals surface area (Å²) in [6.07, 6.45) is 0.285. The van der Waals surface area contributed by atoms with Crippen molar-refractivity contribution < 1.29 is 13.9 Å². The Morgan fingerprint density at radius 2 is 2.05 bits per heavy atom. The van der Waals surface area contributed by atoms with E-state index in [9.17, 15) is 9.18 Å². The number of amides is 1. The highest BCUT2D eigenvalue weighted by Gasteiger charge is 2.23. The van der Waals surface area contributed by atoms with Crippen LogP contribution in [0.1, 0.15) is 12.0 Å². The molecule has 1 aliphatic rings.